The van der Waals surface area contributed by atoms with Crippen LogP contribution in [0.25, 0.3) is 0 Å². The normalized spacial score (nSPS) is 22.0. The van der Waals surface area contributed by atoms with Gasteiger partial charge in [-0.05, 0) is 20.8 Å². The Morgan fingerprint density at radius 1 is 1.29 bits per heavy atom. The van der Waals surface area contributed by atoms with E-state index < -0.39 is 5.97 Å². The Morgan fingerprint density at radius 3 is 2.52 bits per heavy atom. The van der Waals surface area contributed by atoms with Gasteiger partial charge in [-0.1, -0.05) is 0 Å². The van der Waals surface area contributed by atoms with Crippen LogP contribution in [0.15, 0.2) is 12.4 Å². The summed E-state index contributed by atoms with van der Waals surface area (Å²) >= 11 is 0. The molecule has 2 heterocycles. The molecule has 0 aromatic carbocycles. The summed E-state index contributed by atoms with van der Waals surface area (Å²) in [5.74, 6) is -0.879. The molecule has 1 saturated heterocycles. The van der Waals surface area contributed by atoms with E-state index >= 15 is 0 Å². The molecule has 1 aliphatic rings. The highest BCUT2D eigenvalue weighted by molar-refractivity contribution is 5.89. The monoisotopic (exact) mass is 293 g/mol. The molecule has 1 fully saturated rings. The molecular weight excluding hydrogens is 274 g/mol. The van der Waals surface area contributed by atoms with Crippen LogP contribution < -0.4 is 0 Å². The number of nitrogens with zero attached hydrogens (tertiary/aromatic N) is 3. The SMILES string of the molecule is Cc1cnc(C(=O)OCC(=O)N2CC(C)OC(C)C2)cn1. The zero-order valence-corrected chi connectivity index (χ0v) is 12.4. The van der Waals surface area contributed by atoms with Crippen molar-refractivity contribution in [1.29, 1.82) is 0 Å². The summed E-state index contributed by atoms with van der Waals surface area (Å²) < 4.78 is 10.5. The van der Waals surface area contributed by atoms with Crippen LogP contribution in [0.5, 0.6) is 0 Å². The van der Waals surface area contributed by atoms with Crippen molar-refractivity contribution in [1.82, 2.24) is 14.9 Å². The zero-order chi connectivity index (χ0) is 15.4. The lowest BCUT2D eigenvalue weighted by atomic mass is 10.2. The number of carbonyl (C=O) groups excluding carboxylic acids is 2. The fourth-order valence-electron chi connectivity index (χ4n) is 2.17. The van der Waals surface area contributed by atoms with Crippen molar-refractivity contribution in [3.05, 3.63) is 23.8 Å². The Hall–Kier alpha value is -2.02. The minimum atomic E-state index is -0.648. The molecule has 2 rings (SSSR count). The van der Waals surface area contributed by atoms with Crippen molar-refractivity contribution in [2.75, 3.05) is 19.7 Å². The molecule has 0 aliphatic carbocycles. The smallest absolute Gasteiger partial charge is 0.359 e. The van der Waals surface area contributed by atoms with Crippen molar-refractivity contribution in [2.45, 2.75) is 33.0 Å². The minimum absolute atomic E-state index is 0.0173. The number of hydrogen-bond acceptors (Lipinski definition) is 6. The summed E-state index contributed by atoms with van der Waals surface area (Å²) in [7, 11) is 0. The number of amides is 1. The second kappa shape index (κ2) is 6.62. The van der Waals surface area contributed by atoms with E-state index in [4.69, 9.17) is 9.47 Å². The Morgan fingerprint density at radius 2 is 1.95 bits per heavy atom. The number of carbonyl (C=O) groups is 2. The number of rotatable bonds is 3. The van der Waals surface area contributed by atoms with Gasteiger partial charge in [-0.15, -0.1) is 0 Å². The number of morpholine rings is 1. The van der Waals surface area contributed by atoms with Crippen molar-refractivity contribution in [3.8, 4) is 0 Å². The maximum Gasteiger partial charge on any atom is 0.359 e. The Labute approximate surface area is 123 Å². The molecule has 7 heteroatoms. The van der Waals surface area contributed by atoms with Gasteiger partial charge in [-0.3, -0.25) is 9.78 Å². The second-order valence-electron chi connectivity index (χ2n) is 5.18. The van der Waals surface area contributed by atoms with Crippen molar-refractivity contribution in [3.63, 3.8) is 0 Å². The number of hydrogen-bond donors (Lipinski definition) is 0. The average molecular weight is 293 g/mol. The lowest BCUT2D eigenvalue weighted by Crippen LogP contribution is -2.49. The molecule has 1 amide bonds. The molecule has 7 nitrogen and oxygen atoms in total. The van der Waals surface area contributed by atoms with Gasteiger partial charge < -0.3 is 14.4 Å². The fraction of sp³-hybridized carbons (Fsp3) is 0.571. The number of ether oxygens (including phenoxy) is 2. The van der Waals surface area contributed by atoms with E-state index in [9.17, 15) is 9.59 Å². The third kappa shape index (κ3) is 4.22. The first kappa shape index (κ1) is 15.4. The van der Waals surface area contributed by atoms with Crippen LogP contribution in [0.4, 0.5) is 0 Å². The maximum absolute atomic E-state index is 12.0. The second-order valence-corrected chi connectivity index (χ2v) is 5.18. The molecule has 21 heavy (non-hydrogen) atoms. The van der Waals surface area contributed by atoms with Gasteiger partial charge in [0.2, 0.25) is 0 Å². The first-order chi connectivity index (χ1) is 9.95. The molecule has 2 atom stereocenters. The summed E-state index contributed by atoms with van der Waals surface area (Å²) in [5, 5.41) is 0. The summed E-state index contributed by atoms with van der Waals surface area (Å²) in [6.45, 7) is 6.30. The first-order valence-corrected chi connectivity index (χ1v) is 6.84. The van der Waals surface area contributed by atoms with Gasteiger partial charge in [0.1, 0.15) is 0 Å². The summed E-state index contributed by atoms with van der Waals surface area (Å²) in [6.07, 6.45) is 2.78. The molecule has 0 N–H and O–H groups in total. The molecule has 1 aromatic heterocycles. The van der Waals surface area contributed by atoms with E-state index in [1.165, 1.54) is 12.4 Å². The molecule has 0 spiro atoms. The highest BCUT2D eigenvalue weighted by Crippen LogP contribution is 2.11. The standard InChI is InChI=1S/C14H19N3O4/c1-9-4-16-12(5-15-9)14(19)20-8-13(18)17-6-10(2)21-11(3)7-17/h4-5,10-11H,6-8H2,1-3H3. The Kier molecular flexibility index (Phi) is 4.85. The Balaban J connectivity index is 1.86. The Bertz CT molecular complexity index is 507. The van der Waals surface area contributed by atoms with Gasteiger partial charge in [-0.2, -0.15) is 0 Å². The van der Waals surface area contributed by atoms with Crippen molar-refractivity contribution < 1.29 is 19.1 Å². The predicted octanol–water partition coefficient (Wildman–Crippen LogP) is 0.578. The summed E-state index contributed by atoms with van der Waals surface area (Å²) in [4.78, 5) is 33.3. The van der Waals surface area contributed by atoms with Crippen LogP contribution in [0.2, 0.25) is 0 Å². The van der Waals surface area contributed by atoms with Crippen LogP contribution in [0.1, 0.15) is 30.0 Å². The first-order valence-electron chi connectivity index (χ1n) is 6.84. The van der Waals surface area contributed by atoms with E-state index in [0.29, 0.717) is 18.8 Å². The molecule has 1 aromatic rings. The van der Waals surface area contributed by atoms with Gasteiger partial charge in [-0.25, -0.2) is 9.78 Å². The van der Waals surface area contributed by atoms with E-state index in [1.807, 2.05) is 13.8 Å². The summed E-state index contributed by atoms with van der Waals surface area (Å²) in [5.41, 5.74) is 0.802. The number of esters is 1. The highest BCUT2D eigenvalue weighted by Gasteiger charge is 2.26. The maximum atomic E-state index is 12.0. The molecular formula is C14H19N3O4. The van der Waals surface area contributed by atoms with Gasteiger partial charge in [0.25, 0.3) is 5.91 Å². The van der Waals surface area contributed by atoms with E-state index in [2.05, 4.69) is 9.97 Å². The van der Waals surface area contributed by atoms with Gasteiger partial charge >= 0.3 is 5.97 Å². The minimum Gasteiger partial charge on any atom is -0.451 e. The van der Waals surface area contributed by atoms with Gasteiger partial charge in [0.15, 0.2) is 12.3 Å². The third-order valence-electron chi connectivity index (χ3n) is 3.09. The van der Waals surface area contributed by atoms with E-state index in [0.717, 1.165) is 0 Å². The average Bonchev–Trinajstić information content (AvgIpc) is 2.44. The number of aryl methyl sites for hydroxylation is 1. The molecule has 114 valence electrons. The largest absolute Gasteiger partial charge is 0.451 e. The van der Waals surface area contributed by atoms with E-state index in [-0.39, 0.29) is 30.4 Å². The van der Waals surface area contributed by atoms with Crippen LogP contribution in [0, 0.1) is 6.92 Å². The third-order valence-corrected chi connectivity index (χ3v) is 3.09. The van der Waals surface area contributed by atoms with Gasteiger partial charge in [0, 0.05) is 19.3 Å². The molecule has 0 saturated carbocycles. The quantitative estimate of drug-likeness (QED) is 0.758. The summed E-state index contributed by atoms with van der Waals surface area (Å²) in [6, 6.07) is 0. The number of aromatic nitrogens is 2. The highest BCUT2D eigenvalue weighted by atomic mass is 16.5. The topological polar surface area (TPSA) is 81.6 Å². The lowest BCUT2D eigenvalue weighted by Gasteiger charge is -2.35. The van der Waals surface area contributed by atoms with Crippen LogP contribution in [-0.4, -0.2) is 58.6 Å². The molecule has 2 unspecified atom stereocenters. The van der Waals surface area contributed by atoms with Crippen molar-refractivity contribution in [2.24, 2.45) is 0 Å². The van der Waals surface area contributed by atoms with Gasteiger partial charge in [0.05, 0.1) is 24.1 Å². The van der Waals surface area contributed by atoms with Crippen LogP contribution in [0.3, 0.4) is 0 Å². The zero-order valence-electron chi connectivity index (χ0n) is 12.4. The van der Waals surface area contributed by atoms with Crippen LogP contribution >= 0.6 is 0 Å². The van der Waals surface area contributed by atoms with Crippen molar-refractivity contribution >= 4 is 11.9 Å². The molecule has 0 radical (unpaired) electrons. The lowest BCUT2D eigenvalue weighted by molar-refractivity contribution is -0.146. The predicted molar refractivity (Wildman–Crippen MR) is 73.6 cm³/mol. The van der Waals surface area contributed by atoms with Crippen LogP contribution in [-0.2, 0) is 14.3 Å². The van der Waals surface area contributed by atoms with E-state index in [1.54, 1.807) is 11.8 Å². The molecule has 1 aliphatic heterocycles. The molecule has 0 bridgehead atoms. The fourth-order valence-corrected chi connectivity index (χ4v) is 2.17.